The number of carbonyl (C=O) groups is 1. The quantitative estimate of drug-likeness (QED) is 0.344. The van der Waals surface area contributed by atoms with Gasteiger partial charge in [-0.3, -0.25) is 9.48 Å². The Kier molecular flexibility index (Phi) is 9.25. The van der Waals surface area contributed by atoms with E-state index in [4.69, 9.17) is 0 Å². The van der Waals surface area contributed by atoms with Crippen LogP contribution in [0.25, 0.3) is 5.57 Å². The predicted molar refractivity (Wildman–Crippen MR) is 152 cm³/mol. The number of aliphatic hydroxyl groups excluding tert-OH is 1. The minimum Gasteiger partial charge on any atom is -0.390 e. The number of aliphatic hydroxyl groups is 1. The Morgan fingerprint density at radius 1 is 1.23 bits per heavy atom. The average Bonchev–Trinajstić information content (AvgIpc) is 3.25. The summed E-state index contributed by atoms with van der Waals surface area (Å²) in [5, 5.41) is 24.4. The summed E-state index contributed by atoms with van der Waals surface area (Å²) in [5.74, 6) is -1.72. The zero-order valence-corrected chi connectivity index (χ0v) is 23.6. The van der Waals surface area contributed by atoms with E-state index in [1.807, 2.05) is 24.2 Å². The lowest BCUT2D eigenvalue weighted by atomic mass is 9.75. The lowest BCUT2D eigenvalue weighted by molar-refractivity contribution is -0.120. The van der Waals surface area contributed by atoms with E-state index in [-0.39, 0.29) is 18.9 Å². The van der Waals surface area contributed by atoms with Crippen molar-refractivity contribution in [3.63, 3.8) is 0 Å². The molecule has 1 aliphatic rings. The molecule has 3 aromatic rings. The van der Waals surface area contributed by atoms with E-state index >= 15 is 0 Å². The Labute approximate surface area is 232 Å². The topological polar surface area (TPSA) is 79.2 Å². The number of fused-ring (bicyclic) bond motifs is 1. The van der Waals surface area contributed by atoms with Crippen LogP contribution in [0.15, 0.2) is 54.1 Å². The lowest BCUT2D eigenvalue weighted by Crippen LogP contribution is -2.54. The fourth-order valence-corrected chi connectivity index (χ4v) is 5.95. The van der Waals surface area contributed by atoms with Gasteiger partial charge in [-0.25, -0.2) is 8.78 Å². The number of benzene rings is 2. The summed E-state index contributed by atoms with van der Waals surface area (Å²) in [5.41, 5.74) is 5.53. The molecule has 2 aromatic carbocycles. The number of amides is 1. The molecule has 0 saturated heterocycles. The van der Waals surface area contributed by atoms with Gasteiger partial charge in [0.25, 0.3) is 0 Å². The number of carbonyl (C=O) groups excluding carboxylic acids is 1. The van der Waals surface area contributed by atoms with Crippen molar-refractivity contribution < 1.29 is 18.7 Å². The Morgan fingerprint density at radius 3 is 2.67 bits per heavy atom. The summed E-state index contributed by atoms with van der Waals surface area (Å²) in [4.78, 5) is 12.0. The molecule has 4 rings (SSSR count). The molecule has 0 bridgehead atoms. The van der Waals surface area contributed by atoms with Crippen molar-refractivity contribution in [2.75, 3.05) is 12.8 Å². The van der Waals surface area contributed by atoms with Crippen molar-refractivity contribution in [2.45, 2.75) is 57.2 Å². The normalized spacial score (nSPS) is 18.9. The number of aryl methyl sites for hydroxylation is 2. The number of hydrogen-bond acceptors (Lipinski definition) is 5. The maximum Gasteiger partial charge on any atom is 0.217 e. The highest BCUT2D eigenvalue weighted by atomic mass is 32.2. The number of allylic oxidation sites excluding steroid dienone is 1. The zero-order chi connectivity index (χ0) is 28.2. The summed E-state index contributed by atoms with van der Waals surface area (Å²) in [7, 11) is 1.92. The van der Waals surface area contributed by atoms with Gasteiger partial charge in [0, 0.05) is 38.3 Å². The summed E-state index contributed by atoms with van der Waals surface area (Å²) < 4.78 is 29.5. The second-order valence-electron chi connectivity index (χ2n) is 10.4. The molecule has 0 saturated carbocycles. The number of nitrogens with one attached hydrogen (secondary N) is 2. The van der Waals surface area contributed by atoms with Crippen LogP contribution in [0.2, 0.25) is 0 Å². The fourth-order valence-electron chi connectivity index (χ4n) is 5.46. The highest BCUT2D eigenvalue weighted by Gasteiger charge is 2.38. The van der Waals surface area contributed by atoms with Gasteiger partial charge in [-0.2, -0.15) is 5.10 Å². The van der Waals surface area contributed by atoms with Gasteiger partial charge in [0.2, 0.25) is 5.91 Å². The molecule has 39 heavy (non-hydrogen) atoms. The molecule has 208 valence electrons. The summed E-state index contributed by atoms with van der Waals surface area (Å²) in [6, 6.07) is 11.0. The molecule has 1 aromatic heterocycles. The first-order chi connectivity index (χ1) is 18.6. The third kappa shape index (κ3) is 7.15. The number of rotatable bonds is 10. The number of thioether (sulfide) groups is 1. The maximum absolute atomic E-state index is 13.8. The van der Waals surface area contributed by atoms with Crippen LogP contribution in [0.1, 0.15) is 48.2 Å². The van der Waals surface area contributed by atoms with Gasteiger partial charge in [-0.05, 0) is 90.3 Å². The summed E-state index contributed by atoms with van der Waals surface area (Å²) in [6.45, 7) is 3.62. The van der Waals surface area contributed by atoms with Crippen molar-refractivity contribution in [2.24, 2.45) is 7.05 Å². The highest BCUT2D eigenvalue weighted by Crippen LogP contribution is 2.37. The van der Waals surface area contributed by atoms with Crippen molar-refractivity contribution in [1.82, 2.24) is 20.4 Å². The van der Waals surface area contributed by atoms with E-state index in [0.717, 1.165) is 41.3 Å². The monoisotopic (exact) mass is 554 g/mol. The number of aromatic nitrogens is 2. The van der Waals surface area contributed by atoms with Crippen LogP contribution >= 0.6 is 11.8 Å². The predicted octanol–water partition coefficient (Wildman–Crippen LogP) is 4.50. The average molecular weight is 555 g/mol. The van der Waals surface area contributed by atoms with Gasteiger partial charge < -0.3 is 15.7 Å². The zero-order valence-electron chi connectivity index (χ0n) is 22.8. The highest BCUT2D eigenvalue weighted by molar-refractivity contribution is 8.01. The molecule has 6 nitrogen and oxygen atoms in total. The minimum atomic E-state index is -1.01. The largest absolute Gasteiger partial charge is 0.390 e. The van der Waals surface area contributed by atoms with Crippen LogP contribution in [0.3, 0.4) is 0 Å². The van der Waals surface area contributed by atoms with E-state index in [0.29, 0.717) is 12.0 Å². The Balaban J connectivity index is 1.62. The molecule has 0 spiro atoms. The SMILES string of the molecule is CS/C=C(\C)c1cccc(C2(NCC(O)C(Cc3cc(F)cc(F)c3)NC(C)=O)CCc3nn(C)cc3C2)c1. The van der Waals surface area contributed by atoms with Crippen LogP contribution in [0, 0.1) is 11.6 Å². The van der Waals surface area contributed by atoms with Crippen LogP contribution in [-0.2, 0) is 36.6 Å². The smallest absolute Gasteiger partial charge is 0.217 e. The number of halogens is 2. The van der Waals surface area contributed by atoms with E-state index in [1.54, 1.807) is 11.8 Å². The molecular formula is C30H36F2N4O2S. The fraction of sp³-hybridized carbons (Fsp3) is 0.400. The van der Waals surface area contributed by atoms with Gasteiger partial charge in [-0.15, -0.1) is 11.8 Å². The first-order valence-electron chi connectivity index (χ1n) is 13.1. The third-order valence-corrected chi connectivity index (χ3v) is 7.91. The van der Waals surface area contributed by atoms with E-state index < -0.39 is 29.3 Å². The molecule has 9 heteroatoms. The van der Waals surface area contributed by atoms with Gasteiger partial charge >= 0.3 is 0 Å². The van der Waals surface area contributed by atoms with Gasteiger partial charge in [-0.1, -0.05) is 18.2 Å². The molecule has 3 unspecified atom stereocenters. The van der Waals surface area contributed by atoms with Gasteiger partial charge in [0.05, 0.1) is 17.8 Å². The maximum atomic E-state index is 13.8. The molecule has 0 radical (unpaired) electrons. The standard InChI is InChI=1S/C30H36F2N4O2S/c1-19(18-39-4)22-6-5-7-24(13-22)30(9-8-27-23(15-30)17-36(3)35-27)33-16-29(38)28(34-20(2)37)12-21-10-25(31)14-26(32)11-21/h5-7,10-11,13-14,17-18,28-29,33,38H,8-9,12,15-16H2,1-4H3,(H,34,37)/b19-18+. The first kappa shape index (κ1) is 29.0. The first-order valence-corrected chi connectivity index (χ1v) is 14.3. The lowest BCUT2D eigenvalue weighted by Gasteiger charge is -2.40. The Morgan fingerprint density at radius 2 is 1.97 bits per heavy atom. The van der Waals surface area contributed by atoms with E-state index in [1.165, 1.54) is 24.6 Å². The molecule has 3 N–H and O–H groups in total. The van der Waals surface area contributed by atoms with E-state index in [2.05, 4.69) is 52.3 Å². The molecular weight excluding hydrogens is 518 g/mol. The summed E-state index contributed by atoms with van der Waals surface area (Å²) in [6.07, 6.45) is 5.41. The Bertz CT molecular complexity index is 1340. The molecule has 0 aliphatic heterocycles. The van der Waals surface area contributed by atoms with Crippen molar-refractivity contribution >= 4 is 23.2 Å². The van der Waals surface area contributed by atoms with Gasteiger partial charge in [0.15, 0.2) is 0 Å². The number of hydrogen-bond donors (Lipinski definition) is 3. The second-order valence-corrected chi connectivity index (χ2v) is 11.1. The van der Waals surface area contributed by atoms with Crippen LogP contribution < -0.4 is 10.6 Å². The van der Waals surface area contributed by atoms with Crippen LogP contribution in [-0.4, -0.2) is 45.7 Å². The van der Waals surface area contributed by atoms with Crippen molar-refractivity contribution in [1.29, 1.82) is 0 Å². The van der Waals surface area contributed by atoms with Crippen molar-refractivity contribution in [3.8, 4) is 0 Å². The van der Waals surface area contributed by atoms with Gasteiger partial charge in [0.1, 0.15) is 11.6 Å². The number of nitrogens with zero attached hydrogens (tertiary/aromatic N) is 2. The molecule has 1 aliphatic carbocycles. The van der Waals surface area contributed by atoms with Crippen molar-refractivity contribution in [3.05, 3.63) is 93.7 Å². The summed E-state index contributed by atoms with van der Waals surface area (Å²) >= 11 is 1.66. The molecule has 1 amide bonds. The van der Waals surface area contributed by atoms with E-state index in [9.17, 15) is 18.7 Å². The molecule has 3 atom stereocenters. The second kappa shape index (κ2) is 12.4. The van der Waals surface area contributed by atoms with Crippen LogP contribution in [0.4, 0.5) is 8.78 Å². The minimum absolute atomic E-state index is 0.0883. The molecule has 1 heterocycles. The third-order valence-electron chi connectivity index (χ3n) is 7.32. The Hall–Kier alpha value is -3.01. The van der Waals surface area contributed by atoms with Crippen LogP contribution in [0.5, 0.6) is 0 Å². The molecule has 0 fully saturated rings.